The third kappa shape index (κ3) is 3.65. The highest BCUT2D eigenvalue weighted by molar-refractivity contribution is 6.00. The van der Waals surface area contributed by atoms with Crippen molar-refractivity contribution in [2.24, 2.45) is 0 Å². The molecular weight excluding hydrogens is 328 g/mol. The number of benzene rings is 1. The summed E-state index contributed by atoms with van der Waals surface area (Å²) < 4.78 is 5.23. The summed E-state index contributed by atoms with van der Waals surface area (Å²) >= 11 is 0. The number of pyridine rings is 1. The van der Waals surface area contributed by atoms with Crippen LogP contribution in [0.2, 0.25) is 0 Å². The SMILES string of the molecule is CCN(CC)CCN1Cc2cccnc2N(c2ccc(OC)cc2)C1=O. The Bertz CT molecular complexity index is 744. The Morgan fingerprint density at radius 2 is 1.88 bits per heavy atom. The smallest absolute Gasteiger partial charge is 0.330 e. The van der Waals surface area contributed by atoms with Crippen LogP contribution in [-0.4, -0.2) is 54.1 Å². The molecular formula is C20H26N4O2. The molecule has 1 aliphatic rings. The van der Waals surface area contributed by atoms with E-state index in [0.29, 0.717) is 18.9 Å². The lowest BCUT2D eigenvalue weighted by Gasteiger charge is -2.37. The van der Waals surface area contributed by atoms with E-state index in [-0.39, 0.29) is 6.03 Å². The van der Waals surface area contributed by atoms with Gasteiger partial charge >= 0.3 is 6.03 Å². The fourth-order valence-corrected chi connectivity index (χ4v) is 3.20. The molecule has 2 amide bonds. The molecule has 0 aliphatic carbocycles. The molecule has 138 valence electrons. The van der Waals surface area contributed by atoms with Crippen molar-refractivity contribution < 1.29 is 9.53 Å². The highest BCUT2D eigenvalue weighted by atomic mass is 16.5. The van der Waals surface area contributed by atoms with Crippen molar-refractivity contribution >= 4 is 17.5 Å². The van der Waals surface area contributed by atoms with Gasteiger partial charge in [0.15, 0.2) is 0 Å². The molecule has 1 aromatic carbocycles. The van der Waals surface area contributed by atoms with Gasteiger partial charge in [0.2, 0.25) is 0 Å². The van der Waals surface area contributed by atoms with Crippen LogP contribution in [0.1, 0.15) is 19.4 Å². The summed E-state index contributed by atoms with van der Waals surface area (Å²) in [5, 5.41) is 0. The average molecular weight is 354 g/mol. The van der Waals surface area contributed by atoms with Crippen molar-refractivity contribution in [1.29, 1.82) is 0 Å². The van der Waals surface area contributed by atoms with E-state index in [1.54, 1.807) is 18.2 Å². The fraction of sp³-hybridized carbons (Fsp3) is 0.400. The molecule has 3 rings (SSSR count). The highest BCUT2D eigenvalue weighted by Gasteiger charge is 2.32. The van der Waals surface area contributed by atoms with Gasteiger partial charge in [-0.05, 0) is 43.4 Å². The Morgan fingerprint density at radius 1 is 1.15 bits per heavy atom. The maximum absolute atomic E-state index is 13.2. The average Bonchev–Trinajstić information content (AvgIpc) is 2.69. The van der Waals surface area contributed by atoms with E-state index in [2.05, 4.69) is 23.7 Å². The first kappa shape index (κ1) is 18.2. The number of nitrogens with zero attached hydrogens (tertiary/aromatic N) is 4. The molecule has 0 saturated carbocycles. The van der Waals surface area contributed by atoms with Crippen molar-refractivity contribution in [2.75, 3.05) is 38.2 Å². The third-order valence-electron chi connectivity index (χ3n) is 4.81. The van der Waals surface area contributed by atoms with Gasteiger partial charge in [-0.2, -0.15) is 0 Å². The summed E-state index contributed by atoms with van der Waals surface area (Å²) in [6.07, 6.45) is 1.73. The van der Waals surface area contributed by atoms with Crippen LogP contribution in [0.3, 0.4) is 0 Å². The molecule has 26 heavy (non-hydrogen) atoms. The van der Waals surface area contributed by atoms with Crippen molar-refractivity contribution in [2.45, 2.75) is 20.4 Å². The number of fused-ring (bicyclic) bond motifs is 1. The molecule has 1 aliphatic heterocycles. The van der Waals surface area contributed by atoms with Crippen molar-refractivity contribution in [3.8, 4) is 5.75 Å². The monoisotopic (exact) mass is 354 g/mol. The molecule has 0 bridgehead atoms. The number of aromatic nitrogens is 1. The second kappa shape index (κ2) is 8.19. The molecule has 0 atom stereocenters. The molecule has 0 radical (unpaired) electrons. The predicted octanol–water partition coefficient (Wildman–Crippen LogP) is 3.51. The number of hydrogen-bond acceptors (Lipinski definition) is 4. The van der Waals surface area contributed by atoms with E-state index in [0.717, 1.165) is 36.6 Å². The summed E-state index contributed by atoms with van der Waals surface area (Å²) in [5.74, 6) is 1.47. The van der Waals surface area contributed by atoms with Crippen LogP contribution in [0.15, 0.2) is 42.6 Å². The Kier molecular flexibility index (Phi) is 5.73. The molecule has 0 saturated heterocycles. The number of ether oxygens (including phenoxy) is 1. The molecule has 0 fully saturated rings. The second-order valence-corrected chi connectivity index (χ2v) is 6.25. The van der Waals surface area contributed by atoms with Gasteiger partial charge in [0.05, 0.1) is 19.3 Å². The molecule has 1 aromatic heterocycles. The first-order valence-electron chi connectivity index (χ1n) is 9.07. The van der Waals surface area contributed by atoms with Crippen LogP contribution < -0.4 is 9.64 Å². The Morgan fingerprint density at radius 3 is 2.54 bits per heavy atom. The number of hydrogen-bond donors (Lipinski definition) is 0. The standard InChI is InChI=1S/C20H26N4O2/c1-4-22(5-2)13-14-23-15-16-7-6-12-21-19(16)24(20(23)25)17-8-10-18(26-3)11-9-17/h6-12H,4-5,13-15H2,1-3H3. The quantitative estimate of drug-likeness (QED) is 0.763. The lowest BCUT2D eigenvalue weighted by Crippen LogP contribution is -2.47. The topological polar surface area (TPSA) is 48.9 Å². The van der Waals surface area contributed by atoms with E-state index >= 15 is 0 Å². The lowest BCUT2D eigenvalue weighted by atomic mass is 10.1. The van der Waals surface area contributed by atoms with Crippen molar-refractivity contribution in [1.82, 2.24) is 14.8 Å². The second-order valence-electron chi connectivity index (χ2n) is 6.25. The molecule has 6 heteroatoms. The number of methoxy groups -OCH3 is 1. The van der Waals surface area contributed by atoms with Gasteiger partial charge in [-0.15, -0.1) is 0 Å². The van der Waals surface area contributed by atoms with Crippen LogP contribution >= 0.6 is 0 Å². The van der Waals surface area contributed by atoms with Gasteiger partial charge in [-0.1, -0.05) is 19.9 Å². The van der Waals surface area contributed by atoms with Gasteiger partial charge in [0, 0.05) is 24.8 Å². The summed E-state index contributed by atoms with van der Waals surface area (Å²) in [5.41, 5.74) is 1.85. The molecule has 2 heterocycles. The Balaban J connectivity index is 1.89. The predicted molar refractivity (Wildman–Crippen MR) is 103 cm³/mol. The number of urea groups is 1. The number of anilines is 2. The fourth-order valence-electron chi connectivity index (χ4n) is 3.20. The Labute approximate surface area is 155 Å². The van der Waals surface area contributed by atoms with Gasteiger partial charge in [0.25, 0.3) is 0 Å². The largest absolute Gasteiger partial charge is 0.497 e. The van der Waals surface area contributed by atoms with Crippen LogP contribution in [-0.2, 0) is 6.54 Å². The zero-order valence-electron chi connectivity index (χ0n) is 15.7. The third-order valence-corrected chi connectivity index (χ3v) is 4.81. The number of rotatable bonds is 7. The van der Waals surface area contributed by atoms with Gasteiger partial charge < -0.3 is 14.5 Å². The first-order chi connectivity index (χ1) is 12.7. The van der Waals surface area contributed by atoms with E-state index in [1.165, 1.54) is 0 Å². The number of carbonyl (C=O) groups is 1. The molecule has 2 aromatic rings. The van der Waals surface area contributed by atoms with Gasteiger partial charge in [-0.25, -0.2) is 14.7 Å². The normalized spacial score (nSPS) is 13.9. The minimum atomic E-state index is -0.0338. The van der Waals surface area contributed by atoms with Crippen LogP contribution in [0.4, 0.5) is 16.3 Å². The molecule has 0 unspecified atom stereocenters. The zero-order chi connectivity index (χ0) is 18.5. The summed E-state index contributed by atoms with van der Waals surface area (Å²) in [4.78, 5) is 23.6. The van der Waals surface area contributed by atoms with Crippen molar-refractivity contribution in [3.63, 3.8) is 0 Å². The maximum atomic E-state index is 13.2. The Hall–Kier alpha value is -2.60. The van der Waals surface area contributed by atoms with Gasteiger partial charge in [-0.3, -0.25) is 0 Å². The van der Waals surface area contributed by atoms with Crippen molar-refractivity contribution in [3.05, 3.63) is 48.2 Å². The molecule has 0 N–H and O–H groups in total. The molecule has 6 nitrogen and oxygen atoms in total. The lowest BCUT2D eigenvalue weighted by molar-refractivity contribution is 0.187. The van der Waals surface area contributed by atoms with E-state index in [4.69, 9.17) is 4.74 Å². The van der Waals surface area contributed by atoms with Crippen LogP contribution in [0.5, 0.6) is 5.75 Å². The minimum Gasteiger partial charge on any atom is -0.497 e. The van der Waals surface area contributed by atoms with E-state index in [9.17, 15) is 4.79 Å². The number of carbonyl (C=O) groups excluding carboxylic acids is 1. The summed E-state index contributed by atoms with van der Waals surface area (Å²) in [6.45, 7) is 8.41. The minimum absolute atomic E-state index is 0.0338. The number of amides is 2. The zero-order valence-corrected chi connectivity index (χ0v) is 15.7. The highest BCUT2D eigenvalue weighted by Crippen LogP contribution is 2.33. The summed E-state index contributed by atoms with van der Waals surface area (Å²) in [6, 6.07) is 11.4. The van der Waals surface area contributed by atoms with Crippen LogP contribution in [0.25, 0.3) is 0 Å². The number of likely N-dealkylation sites (N-methyl/N-ethyl adjacent to an activating group) is 1. The van der Waals surface area contributed by atoms with Crippen LogP contribution in [0, 0.1) is 0 Å². The maximum Gasteiger partial charge on any atom is 0.330 e. The molecule has 0 spiro atoms. The first-order valence-corrected chi connectivity index (χ1v) is 9.07. The van der Waals surface area contributed by atoms with E-state index in [1.807, 2.05) is 41.3 Å². The van der Waals surface area contributed by atoms with E-state index < -0.39 is 0 Å². The van der Waals surface area contributed by atoms with Gasteiger partial charge in [0.1, 0.15) is 11.6 Å². The summed E-state index contributed by atoms with van der Waals surface area (Å²) in [7, 11) is 1.63.